The highest BCUT2D eigenvalue weighted by molar-refractivity contribution is 6.17. The average molecular weight is 288 g/mol. The van der Waals surface area contributed by atoms with E-state index in [4.69, 9.17) is 11.6 Å². The van der Waals surface area contributed by atoms with Gasteiger partial charge in [0.25, 0.3) is 5.91 Å². The maximum absolute atomic E-state index is 12.3. The minimum absolute atomic E-state index is 0.0307. The normalized spacial score (nSPS) is 10.3. The first-order valence-electron chi connectivity index (χ1n) is 6.60. The van der Waals surface area contributed by atoms with Crippen molar-refractivity contribution in [2.45, 2.75) is 26.3 Å². The Morgan fingerprint density at radius 2 is 1.65 bits per heavy atom. The van der Waals surface area contributed by atoms with Crippen LogP contribution in [-0.4, -0.2) is 5.91 Å². The number of nitrogens with one attached hydrogen (secondary N) is 1. The summed E-state index contributed by atoms with van der Waals surface area (Å²) in [6, 6.07) is 13.8. The molecule has 0 aliphatic carbocycles. The van der Waals surface area contributed by atoms with Crippen LogP contribution in [0.3, 0.4) is 0 Å². The second-order valence-electron chi connectivity index (χ2n) is 4.90. The van der Waals surface area contributed by atoms with Crippen molar-refractivity contribution in [1.82, 2.24) is 5.32 Å². The molecule has 0 spiro atoms. The molecule has 2 aromatic rings. The van der Waals surface area contributed by atoms with Crippen LogP contribution in [0.5, 0.6) is 0 Å². The van der Waals surface area contributed by atoms with Crippen molar-refractivity contribution in [3.63, 3.8) is 0 Å². The van der Waals surface area contributed by atoms with Gasteiger partial charge in [-0.1, -0.05) is 42.5 Å². The molecule has 2 nitrogen and oxygen atoms in total. The lowest BCUT2D eigenvalue weighted by Gasteiger charge is -2.11. The van der Waals surface area contributed by atoms with E-state index in [2.05, 4.69) is 5.32 Å². The lowest BCUT2D eigenvalue weighted by atomic mass is 10.0. The van der Waals surface area contributed by atoms with Gasteiger partial charge in [-0.05, 0) is 36.1 Å². The molecule has 0 heterocycles. The lowest BCUT2D eigenvalue weighted by Crippen LogP contribution is -2.24. The van der Waals surface area contributed by atoms with Crippen molar-refractivity contribution in [2.24, 2.45) is 0 Å². The number of alkyl halides is 1. The Bertz CT molecular complexity index is 602. The van der Waals surface area contributed by atoms with Crippen molar-refractivity contribution in [3.05, 3.63) is 70.3 Å². The van der Waals surface area contributed by atoms with Crippen LogP contribution >= 0.6 is 11.6 Å². The number of carbonyl (C=O) groups excluding carboxylic acids is 1. The van der Waals surface area contributed by atoms with Gasteiger partial charge >= 0.3 is 0 Å². The number of hydrogen-bond acceptors (Lipinski definition) is 1. The molecule has 0 aromatic heterocycles. The lowest BCUT2D eigenvalue weighted by molar-refractivity contribution is 0.0949. The van der Waals surface area contributed by atoms with E-state index in [0.717, 1.165) is 27.8 Å². The average Bonchev–Trinajstić information content (AvgIpc) is 2.45. The number of hydrogen-bond donors (Lipinski definition) is 1. The molecule has 0 unspecified atom stereocenters. The predicted molar refractivity (Wildman–Crippen MR) is 83.1 cm³/mol. The molecule has 3 heteroatoms. The Hall–Kier alpha value is -1.80. The van der Waals surface area contributed by atoms with Gasteiger partial charge in [-0.25, -0.2) is 0 Å². The van der Waals surface area contributed by atoms with Crippen molar-refractivity contribution in [1.29, 1.82) is 0 Å². The Morgan fingerprint density at radius 3 is 2.30 bits per heavy atom. The van der Waals surface area contributed by atoms with Gasteiger partial charge < -0.3 is 5.32 Å². The number of rotatable bonds is 4. The Kier molecular flexibility index (Phi) is 4.80. The van der Waals surface area contributed by atoms with E-state index in [1.54, 1.807) is 0 Å². The first-order chi connectivity index (χ1) is 9.61. The van der Waals surface area contributed by atoms with Crippen LogP contribution in [0.1, 0.15) is 32.6 Å². The summed E-state index contributed by atoms with van der Waals surface area (Å²) >= 11 is 5.81. The molecule has 0 fully saturated rings. The van der Waals surface area contributed by atoms with Crippen molar-refractivity contribution in [3.8, 4) is 0 Å². The third kappa shape index (κ3) is 3.40. The van der Waals surface area contributed by atoms with Crippen LogP contribution in [0.4, 0.5) is 0 Å². The van der Waals surface area contributed by atoms with Gasteiger partial charge in [-0.15, -0.1) is 11.6 Å². The highest BCUT2D eigenvalue weighted by Crippen LogP contribution is 2.13. The van der Waals surface area contributed by atoms with E-state index in [9.17, 15) is 4.79 Å². The fraction of sp³-hybridized carbons (Fsp3) is 0.235. The number of aryl methyl sites for hydroxylation is 2. The molecule has 0 radical (unpaired) electrons. The zero-order valence-electron chi connectivity index (χ0n) is 11.7. The SMILES string of the molecule is Cc1cccc(C)c1C(=O)NCc1cccc(CCl)c1. The second-order valence-corrected chi connectivity index (χ2v) is 5.17. The van der Waals surface area contributed by atoms with Gasteiger partial charge in [-0.2, -0.15) is 0 Å². The van der Waals surface area contributed by atoms with E-state index in [1.807, 2.05) is 56.3 Å². The minimum Gasteiger partial charge on any atom is -0.348 e. The number of carbonyl (C=O) groups is 1. The Balaban J connectivity index is 2.09. The molecule has 2 rings (SSSR count). The maximum Gasteiger partial charge on any atom is 0.252 e. The molecule has 1 N–H and O–H groups in total. The number of halogens is 1. The smallest absolute Gasteiger partial charge is 0.252 e. The molecule has 20 heavy (non-hydrogen) atoms. The van der Waals surface area contributed by atoms with Gasteiger partial charge in [-0.3, -0.25) is 4.79 Å². The van der Waals surface area contributed by atoms with E-state index in [-0.39, 0.29) is 5.91 Å². The summed E-state index contributed by atoms with van der Waals surface area (Å²) in [7, 11) is 0. The Morgan fingerprint density at radius 1 is 1.05 bits per heavy atom. The molecule has 0 atom stereocenters. The second kappa shape index (κ2) is 6.58. The van der Waals surface area contributed by atoms with Crippen LogP contribution in [0.25, 0.3) is 0 Å². The quantitative estimate of drug-likeness (QED) is 0.847. The van der Waals surface area contributed by atoms with Crippen LogP contribution in [0, 0.1) is 13.8 Å². The van der Waals surface area contributed by atoms with Gasteiger partial charge in [0.05, 0.1) is 0 Å². The maximum atomic E-state index is 12.3. The van der Waals surface area contributed by atoms with Crippen molar-refractivity contribution >= 4 is 17.5 Å². The minimum atomic E-state index is -0.0307. The highest BCUT2D eigenvalue weighted by atomic mass is 35.5. The number of amides is 1. The van der Waals surface area contributed by atoms with Crippen molar-refractivity contribution in [2.75, 3.05) is 0 Å². The summed E-state index contributed by atoms with van der Waals surface area (Å²) < 4.78 is 0. The van der Waals surface area contributed by atoms with E-state index in [1.165, 1.54) is 0 Å². The topological polar surface area (TPSA) is 29.1 Å². The summed E-state index contributed by atoms with van der Waals surface area (Å²) in [4.78, 5) is 12.3. The van der Waals surface area contributed by atoms with Gasteiger partial charge in [0.15, 0.2) is 0 Å². The van der Waals surface area contributed by atoms with E-state index < -0.39 is 0 Å². The summed E-state index contributed by atoms with van der Waals surface area (Å²) in [5.41, 5.74) is 4.88. The molecule has 1 amide bonds. The molecule has 104 valence electrons. The van der Waals surface area contributed by atoms with Crippen LogP contribution in [0.15, 0.2) is 42.5 Å². The summed E-state index contributed by atoms with van der Waals surface area (Å²) in [6.45, 7) is 4.42. The largest absolute Gasteiger partial charge is 0.348 e. The molecule has 0 bridgehead atoms. The third-order valence-electron chi connectivity index (χ3n) is 3.31. The standard InChI is InChI=1S/C17H18ClNO/c1-12-5-3-6-13(2)16(12)17(20)19-11-15-8-4-7-14(9-15)10-18/h3-9H,10-11H2,1-2H3,(H,19,20). The predicted octanol–water partition coefficient (Wildman–Crippen LogP) is 3.97. The monoisotopic (exact) mass is 287 g/mol. The first kappa shape index (κ1) is 14.6. The van der Waals surface area contributed by atoms with E-state index in [0.29, 0.717) is 12.4 Å². The summed E-state index contributed by atoms with van der Waals surface area (Å²) in [5.74, 6) is 0.454. The molecule has 0 aliphatic rings. The fourth-order valence-corrected chi connectivity index (χ4v) is 2.43. The molecular formula is C17H18ClNO. The summed E-state index contributed by atoms with van der Waals surface area (Å²) in [6.07, 6.45) is 0. The fourth-order valence-electron chi connectivity index (χ4n) is 2.27. The zero-order chi connectivity index (χ0) is 14.5. The Labute approximate surface area is 124 Å². The third-order valence-corrected chi connectivity index (χ3v) is 3.62. The molecular weight excluding hydrogens is 270 g/mol. The first-order valence-corrected chi connectivity index (χ1v) is 7.13. The van der Waals surface area contributed by atoms with Crippen LogP contribution in [-0.2, 0) is 12.4 Å². The highest BCUT2D eigenvalue weighted by Gasteiger charge is 2.11. The van der Waals surface area contributed by atoms with Crippen LogP contribution in [0.2, 0.25) is 0 Å². The molecule has 0 saturated heterocycles. The summed E-state index contributed by atoms with van der Waals surface area (Å²) in [5, 5.41) is 2.97. The van der Waals surface area contributed by atoms with Gasteiger partial charge in [0.2, 0.25) is 0 Å². The molecule has 0 aliphatic heterocycles. The van der Waals surface area contributed by atoms with Gasteiger partial charge in [0.1, 0.15) is 0 Å². The number of benzene rings is 2. The zero-order valence-corrected chi connectivity index (χ0v) is 12.5. The van der Waals surface area contributed by atoms with Gasteiger partial charge in [0, 0.05) is 18.0 Å². The van der Waals surface area contributed by atoms with Crippen LogP contribution < -0.4 is 5.32 Å². The molecule has 2 aromatic carbocycles. The van der Waals surface area contributed by atoms with E-state index >= 15 is 0 Å². The van der Waals surface area contributed by atoms with Crippen molar-refractivity contribution < 1.29 is 4.79 Å². The molecule has 0 saturated carbocycles.